The van der Waals surface area contributed by atoms with Gasteiger partial charge < -0.3 is 10.2 Å². The zero-order valence-electron chi connectivity index (χ0n) is 51.7. The fourth-order valence-electron chi connectivity index (χ4n) is 15.9. The molecule has 7 aliphatic rings. The summed E-state index contributed by atoms with van der Waals surface area (Å²) < 4.78 is 0. The average Bonchev–Trinajstić information content (AvgIpc) is 2.17. The summed E-state index contributed by atoms with van der Waals surface area (Å²) in [5, 5.41) is 4.03. The van der Waals surface area contributed by atoms with Gasteiger partial charge in [-0.1, -0.05) is 215 Å². The number of nitrogens with zero attached hydrogens (tertiary/aromatic N) is 1. The molecule has 2 unspecified atom stereocenters. The lowest BCUT2D eigenvalue weighted by Crippen LogP contribution is -2.30. The van der Waals surface area contributed by atoms with E-state index in [0.29, 0.717) is 17.9 Å². The largest absolute Gasteiger partial charge is 0.381 e. The maximum atomic E-state index is 4.03. The molecule has 2 nitrogen and oxygen atoms in total. The number of hydrogen-bond donors (Lipinski definition) is 1. The van der Waals surface area contributed by atoms with Gasteiger partial charge in [0, 0.05) is 46.6 Å². The Balaban J connectivity index is 0.756. The molecule has 86 heavy (non-hydrogen) atoms. The van der Waals surface area contributed by atoms with Gasteiger partial charge in [-0.05, 0) is 245 Å². The second-order valence-corrected chi connectivity index (χ2v) is 26.2. The standard InChI is InChI=1S/C84H84N2/c1-7-20-63-51-55(2)35-45-69(63)68-46-42-62(52-57(68)4)59-39-36-58(37-40-59)38-41-60(71-29-18-31-74(82(71)61-22-17-23-61)67-26-12-11-21-56(67)3)49-50-85-79-32-15-13-27-70(79)64-44-48-77-76(53-64)73-47-43-65(54-78(73)84(77,5)6)72-30-19-34-81-83(72)75-28-14-16-33-80(75)86(81)66-24-9-8-10-25-66/h8-11,14,18-19,21,24-25,27-32,34-41,43-45,47-49,51-54,61,75,80,85H,7,12-13,15-17,20,22-23,26,33,42,46,50H2,1-6H3/b41-38-,60-49+. The number of hydrogen-bond acceptors (Lipinski definition) is 2. The van der Waals surface area contributed by atoms with Crippen LogP contribution in [0.4, 0.5) is 11.4 Å². The van der Waals surface area contributed by atoms with Crippen molar-refractivity contribution in [1.29, 1.82) is 0 Å². The van der Waals surface area contributed by atoms with E-state index < -0.39 is 0 Å². The predicted octanol–water partition coefficient (Wildman–Crippen LogP) is 22.4. The van der Waals surface area contributed by atoms with Crippen LogP contribution in [0.1, 0.15) is 190 Å². The van der Waals surface area contributed by atoms with Crippen molar-refractivity contribution in [2.75, 3.05) is 11.4 Å². The maximum Gasteiger partial charge on any atom is 0.0459 e. The highest BCUT2D eigenvalue weighted by Gasteiger charge is 2.42. The number of para-hydroxylation sites is 1. The third-order valence-corrected chi connectivity index (χ3v) is 20.5. The number of rotatable bonds is 15. The Kier molecular flexibility index (Phi) is 15.3. The molecule has 7 aromatic rings. The van der Waals surface area contributed by atoms with Crippen LogP contribution in [0.25, 0.3) is 56.2 Å². The third kappa shape index (κ3) is 10.3. The summed E-state index contributed by atoms with van der Waals surface area (Å²) in [5.74, 6) is 0.942. The fraction of sp³-hybridized carbons (Fsp3) is 0.286. The lowest BCUT2D eigenvalue weighted by atomic mass is 9.73. The monoisotopic (exact) mass is 1120 g/mol. The van der Waals surface area contributed by atoms with Crippen molar-refractivity contribution < 1.29 is 0 Å². The number of anilines is 2. The van der Waals surface area contributed by atoms with Gasteiger partial charge in [-0.15, -0.1) is 0 Å². The van der Waals surface area contributed by atoms with Crippen molar-refractivity contribution in [2.45, 2.75) is 148 Å². The van der Waals surface area contributed by atoms with Crippen molar-refractivity contribution in [2.24, 2.45) is 0 Å². The quantitative estimate of drug-likeness (QED) is 0.0813. The van der Waals surface area contributed by atoms with E-state index in [9.17, 15) is 0 Å². The number of fused-ring (bicyclic) bond motifs is 6. The first-order valence-electron chi connectivity index (χ1n) is 32.7. The molecule has 7 aromatic carbocycles. The summed E-state index contributed by atoms with van der Waals surface area (Å²) in [6.45, 7) is 14.7. The molecule has 0 bridgehead atoms. The lowest BCUT2D eigenvalue weighted by Gasteiger charge is -2.32. The lowest BCUT2D eigenvalue weighted by molar-refractivity contribution is 0.418. The molecule has 2 heteroatoms. The highest BCUT2D eigenvalue weighted by Crippen LogP contribution is 2.55. The minimum atomic E-state index is -0.136. The Bertz CT molecular complexity index is 4090. The molecule has 1 saturated carbocycles. The van der Waals surface area contributed by atoms with E-state index in [1.54, 1.807) is 5.56 Å². The van der Waals surface area contributed by atoms with Crippen LogP contribution in [0, 0.1) is 6.92 Å². The van der Waals surface area contributed by atoms with E-state index in [1.807, 2.05) is 0 Å². The molecule has 1 aliphatic heterocycles. The molecule has 0 radical (unpaired) electrons. The van der Waals surface area contributed by atoms with Gasteiger partial charge in [0.1, 0.15) is 0 Å². The molecule has 1 N–H and O–H groups in total. The van der Waals surface area contributed by atoms with E-state index in [2.05, 4.69) is 258 Å². The molecule has 2 atom stereocenters. The summed E-state index contributed by atoms with van der Waals surface area (Å²) in [6.07, 6.45) is 39.1. The van der Waals surface area contributed by atoms with Crippen molar-refractivity contribution >= 4 is 45.3 Å². The van der Waals surface area contributed by atoms with Crippen molar-refractivity contribution in [3.63, 3.8) is 0 Å². The molecular formula is C84H84N2. The van der Waals surface area contributed by atoms with Gasteiger partial charge in [0.2, 0.25) is 0 Å². The SMILES string of the molecule is CCCc1cc(C)ccc1C1=C(C)C=C(c2ccc(/C=C\C(=C/CNC3=CCCC=C3c3ccc4c(c3)-c3ccc(-c5cccc6c5C5C=CCCC5N6c5ccccc5)cc3C4(C)C)c3cccc(C4=C(C)C=CCC4)c3C3CCC3)cc2)CC1. The predicted molar refractivity (Wildman–Crippen MR) is 369 cm³/mol. The van der Waals surface area contributed by atoms with E-state index in [1.165, 1.54) is 165 Å². The topological polar surface area (TPSA) is 15.3 Å². The number of allylic oxidation sites excluding steroid dienone is 14. The Hall–Kier alpha value is -8.20. The van der Waals surface area contributed by atoms with E-state index in [-0.39, 0.29) is 5.41 Å². The van der Waals surface area contributed by atoms with Crippen LogP contribution in [0.2, 0.25) is 0 Å². The van der Waals surface area contributed by atoms with Crippen molar-refractivity contribution in [3.05, 3.63) is 284 Å². The van der Waals surface area contributed by atoms with Crippen LogP contribution < -0.4 is 10.2 Å². The molecular weight excluding hydrogens is 1040 g/mol. The molecule has 1 heterocycles. The summed E-state index contributed by atoms with van der Waals surface area (Å²) >= 11 is 0. The van der Waals surface area contributed by atoms with E-state index in [0.717, 1.165) is 64.3 Å². The highest BCUT2D eigenvalue weighted by molar-refractivity contribution is 5.91. The molecule has 0 amide bonds. The Morgan fingerprint density at radius 2 is 1.42 bits per heavy atom. The van der Waals surface area contributed by atoms with E-state index >= 15 is 0 Å². The highest BCUT2D eigenvalue weighted by atomic mass is 15.2. The molecule has 0 saturated heterocycles. The molecule has 0 aromatic heterocycles. The minimum Gasteiger partial charge on any atom is -0.381 e. The van der Waals surface area contributed by atoms with Gasteiger partial charge in [-0.3, -0.25) is 0 Å². The van der Waals surface area contributed by atoms with Crippen molar-refractivity contribution in [1.82, 2.24) is 5.32 Å². The third-order valence-electron chi connectivity index (χ3n) is 20.5. The number of benzene rings is 7. The van der Waals surface area contributed by atoms with Gasteiger partial charge in [0.05, 0.1) is 0 Å². The van der Waals surface area contributed by atoms with Crippen LogP contribution in [0.15, 0.2) is 217 Å². The minimum absolute atomic E-state index is 0.136. The smallest absolute Gasteiger partial charge is 0.0459 e. The summed E-state index contributed by atoms with van der Waals surface area (Å²) in [4.78, 5) is 2.63. The molecule has 6 aliphatic carbocycles. The van der Waals surface area contributed by atoms with E-state index in [4.69, 9.17) is 0 Å². The molecule has 430 valence electrons. The molecule has 14 rings (SSSR count). The normalized spacial score (nSPS) is 19.7. The molecule has 1 fully saturated rings. The van der Waals surface area contributed by atoms with Crippen LogP contribution >= 0.6 is 0 Å². The second kappa shape index (κ2) is 23.6. The summed E-state index contributed by atoms with van der Waals surface area (Å²) in [7, 11) is 0. The molecule has 0 spiro atoms. The first kappa shape index (κ1) is 55.7. The summed E-state index contributed by atoms with van der Waals surface area (Å²) in [6, 6.07) is 56.8. The van der Waals surface area contributed by atoms with Crippen LogP contribution in [-0.2, 0) is 11.8 Å². The average molecular weight is 1120 g/mol. The second-order valence-electron chi connectivity index (χ2n) is 26.2. The summed E-state index contributed by atoms with van der Waals surface area (Å²) in [5.41, 5.74) is 35.9. The fourth-order valence-corrected chi connectivity index (χ4v) is 15.9. The zero-order valence-corrected chi connectivity index (χ0v) is 51.7. The van der Waals surface area contributed by atoms with Crippen LogP contribution in [-0.4, -0.2) is 12.6 Å². The maximum absolute atomic E-state index is 4.03. The van der Waals surface area contributed by atoms with Gasteiger partial charge in [-0.25, -0.2) is 0 Å². The van der Waals surface area contributed by atoms with Gasteiger partial charge in [0.25, 0.3) is 0 Å². The Morgan fingerprint density at radius 3 is 2.23 bits per heavy atom. The Morgan fingerprint density at radius 1 is 0.628 bits per heavy atom. The first-order chi connectivity index (χ1) is 42.1. The Labute approximate surface area is 513 Å². The van der Waals surface area contributed by atoms with Gasteiger partial charge in [0.15, 0.2) is 0 Å². The zero-order chi connectivity index (χ0) is 58.5. The van der Waals surface area contributed by atoms with Crippen molar-refractivity contribution in [3.8, 4) is 22.3 Å². The first-order valence-corrected chi connectivity index (χ1v) is 32.7. The van der Waals surface area contributed by atoms with Gasteiger partial charge >= 0.3 is 0 Å². The number of nitrogens with one attached hydrogen (secondary N) is 1. The number of aryl methyl sites for hydroxylation is 2. The van der Waals surface area contributed by atoms with Crippen LogP contribution in [0.5, 0.6) is 0 Å². The van der Waals surface area contributed by atoms with Crippen LogP contribution in [0.3, 0.4) is 0 Å². The van der Waals surface area contributed by atoms with Gasteiger partial charge in [-0.2, -0.15) is 0 Å².